The topological polar surface area (TPSA) is 62.0 Å². The van der Waals surface area contributed by atoms with Crippen LogP contribution in [-0.2, 0) is 0 Å². The number of anilines is 2. The number of guanidine groups is 1. The fourth-order valence-electron chi connectivity index (χ4n) is 2.47. The van der Waals surface area contributed by atoms with Crippen molar-refractivity contribution in [3.05, 3.63) is 27.3 Å². The maximum absolute atomic E-state index is 11.1. The minimum Gasteiger partial charge on any atom is -0.312 e. The highest BCUT2D eigenvalue weighted by Crippen LogP contribution is 2.47. The minimum atomic E-state index is -0.374. The third kappa shape index (κ3) is 1.38. The van der Waals surface area contributed by atoms with Gasteiger partial charge in [0.15, 0.2) is 0 Å². The van der Waals surface area contributed by atoms with Gasteiger partial charge in [-0.3, -0.25) is 15.1 Å². The van der Waals surface area contributed by atoms with Gasteiger partial charge >= 0.3 is 0 Å². The van der Waals surface area contributed by atoms with Crippen LogP contribution in [0.1, 0.15) is 6.42 Å². The number of halogens is 1. The van der Waals surface area contributed by atoms with Crippen LogP contribution >= 0.6 is 11.6 Å². The summed E-state index contributed by atoms with van der Waals surface area (Å²) in [7, 11) is 1.83. The van der Waals surface area contributed by atoms with E-state index in [0.29, 0.717) is 16.4 Å². The molecule has 2 aliphatic heterocycles. The van der Waals surface area contributed by atoms with Gasteiger partial charge in [0.2, 0.25) is 5.96 Å². The van der Waals surface area contributed by atoms with Crippen LogP contribution in [0.15, 0.2) is 17.1 Å². The second kappa shape index (κ2) is 3.84. The van der Waals surface area contributed by atoms with Gasteiger partial charge in [0.25, 0.3) is 5.69 Å². The predicted molar refractivity (Wildman–Crippen MR) is 70.8 cm³/mol. The number of hydrogen-bond acceptors (Lipinski definition) is 5. The standard InChI is InChI=1S/C11H11ClN4O2/c1-14-9-7(12)3-4-8(16(17)18)10(9)15-6-2-5-13-11(14)15/h3-4H,2,5-6H2,1H3. The monoisotopic (exact) mass is 266 g/mol. The Morgan fingerprint density at radius 1 is 1.44 bits per heavy atom. The van der Waals surface area contributed by atoms with Crippen LogP contribution in [0.4, 0.5) is 17.1 Å². The van der Waals surface area contributed by atoms with Gasteiger partial charge in [-0.25, -0.2) is 0 Å². The van der Waals surface area contributed by atoms with Gasteiger partial charge < -0.3 is 9.80 Å². The molecule has 0 spiro atoms. The molecule has 94 valence electrons. The molecule has 7 heteroatoms. The molecule has 0 fully saturated rings. The number of rotatable bonds is 1. The molecule has 2 aliphatic rings. The van der Waals surface area contributed by atoms with Crippen LogP contribution in [0.5, 0.6) is 0 Å². The lowest BCUT2D eigenvalue weighted by atomic mass is 10.2. The van der Waals surface area contributed by atoms with Crippen molar-refractivity contribution in [2.75, 3.05) is 29.9 Å². The molecule has 0 saturated carbocycles. The van der Waals surface area contributed by atoms with E-state index in [2.05, 4.69) is 4.99 Å². The molecule has 0 bridgehead atoms. The summed E-state index contributed by atoms with van der Waals surface area (Å²) in [5.74, 6) is 0.743. The lowest BCUT2D eigenvalue weighted by Crippen LogP contribution is -2.40. The van der Waals surface area contributed by atoms with Crippen LogP contribution in [0.2, 0.25) is 5.02 Å². The van der Waals surface area contributed by atoms with Gasteiger partial charge in [0.1, 0.15) is 5.69 Å². The van der Waals surface area contributed by atoms with Crippen molar-refractivity contribution in [3.8, 4) is 0 Å². The van der Waals surface area contributed by atoms with Crippen LogP contribution in [0, 0.1) is 10.1 Å². The van der Waals surface area contributed by atoms with E-state index >= 15 is 0 Å². The summed E-state index contributed by atoms with van der Waals surface area (Å²) in [6.07, 6.45) is 0.889. The maximum Gasteiger partial charge on any atom is 0.295 e. The first-order valence-corrected chi connectivity index (χ1v) is 6.01. The van der Waals surface area contributed by atoms with Gasteiger partial charge in [-0.2, -0.15) is 0 Å². The average molecular weight is 267 g/mol. The van der Waals surface area contributed by atoms with Crippen LogP contribution in [-0.4, -0.2) is 31.0 Å². The molecule has 0 atom stereocenters. The number of nitrogens with zero attached hydrogens (tertiary/aromatic N) is 4. The zero-order valence-electron chi connectivity index (χ0n) is 9.76. The summed E-state index contributed by atoms with van der Waals surface area (Å²) in [6, 6.07) is 3.01. The smallest absolute Gasteiger partial charge is 0.295 e. The highest BCUT2D eigenvalue weighted by Gasteiger charge is 2.39. The molecule has 0 aliphatic carbocycles. The van der Waals surface area contributed by atoms with E-state index in [4.69, 9.17) is 11.6 Å². The normalized spacial score (nSPS) is 17.3. The highest BCUT2D eigenvalue weighted by atomic mass is 35.5. The van der Waals surface area contributed by atoms with Crippen molar-refractivity contribution >= 4 is 34.6 Å². The van der Waals surface area contributed by atoms with Gasteiger partial charge in [0.05, 0.1) is 15.6 Å². The number of fused-ring (bicyclic) bond motifs is 3. The lowest BCUT2D eigenvalue weighted by Gasteiger charge is -2.24. The van der Waals surface area contributed by atoms with Crippen molar-refractivity contribution in [2.45, 2.75) is 6.42 Å². The highest BCUT2D eigenvalue weighted by molar-refractivity contribution is 6.37. The van der Waals surface area contributed by atoms with Crippen LogP contribution < -0.4 is 9.80 Å². The first-order valence-electron chi connectivity index (χ1n) is 5.64. The fraction of sp³-hybridized carbons (Fsp3) is 0.364. The van der Waals surface area contributed by atoms with E-state index in [9.17, 15) is 10.1 Å². The minimum absolute atomic E-state index is 0.0772. The molecule has 0 N–H and O–H groups in total. The Labute approximate surface area is 109 Å². The summed E-state index contributed by atoms with van der Waals surface area (Å²) in [4.78, 5) is 18.9. The molecule has 0 amide bonds. The summed E-state index contributed by atoms with van der Waals surface area (Å²) in [5.41, 5.74) is 1.31. The lowest BCUT2D eigenvalue weighted by molar-refractivity contribution is -0.384. The van der Waals surface area contributed by atoms with Gasteiger partial charge in [-0.15, -0.1) is 0 Å². The van der Waals surface area contributed by atoms with E-state index in [-0.39, 0.29) is 10.6 Å². The zero-order valence-corrected chi connectivity index (χ0v) is 10.5. The second-order valence-corrected chi connectivity index (χ2v) is 4.67. The predicted octanol–water partition coefficient (Wildman–Crippen LogP) is 2.26. The first-order chi connectivity index (χ1) is 8.61. The molecule has 18 heavy (non-hydrogen) atoms. The number of hydrogen-bond donors (Lipinski definition) is 0. The second-order valence-electron chi connectivity index (χ2n) is 4.27. The third-order valence-electron chi connectivity index (χ3n) is 3.22. The Hall–Kier alpha value is -1.82. The molecule has 0 radical (unpaired) electrons. The number of nitro groups is 1. The molecule has 0 saturated heterocycles. The quantitative estimate of drug-likeness (QED) is 0.578. The van der Waals surface area contributed by atoms with Crippen LogP contribution in [0.3, 0.4) is 0 Å². The fourth-order valence-corrected chi connectivity index (χ4v) is 2.75. The Morgan fingerprint density at radius 3 is 2.94 bits per heavy atom. The zero-order chi connectivity index (χ0) is 12.9. The molecule has 6 nitrogen and oxygen atoms in total. The Bertz CT molecular complexity index is 572. The van der Waals surface area contributed by atoms with Gasteiger partial charge in [-0.05, 0) is 12.5 Å². The summed E-state index contributed by atoms with van der Waals surface area (Å²) >= 11 is 6.16. The number of aliphatic imine (C=N–C) groups is 1. The Balaban J connectivity index is 2.28. The molecular weight excluding hydrogens is 256 g/mol. The maximum atomic E-state index is 11.1. The third-order valence-corrected chi connectivity index (χ3v) is 3.52. The molecule has 1 aromatic carbocycles. The van der Waals surface area contributed by atoms with Crippen molar-refractivity contribution in [1.29, 1.82) is 0 Å². The largest absolute Gasteiger partial charge is 0.312 e. The molecular formula is C11H11ClN4O2. The van der Waals surface area contributed by atoms with E-state index in [0.717, 1.165) is 25.5 Å². The molecule has 0 aromatic heterocycles. The van der Waals surface area contributed by atoms with E-state index in [1.807, 2.05) is 16.8 Å². The molecule has 2 heterocycles. The number of nitro benzene ring substituents is 1. The SMILES string of the molecule is CN1C2=NCCCN2c2c([N+](=O)[O-])ccc(Cl)c21. The average Bonchev–Trinajstić information content (AvgIpc) is 2.65. The molecule has 1 aromatic rings. The Kier molecular flexibility index (Phi) is 2.41. The van der Waals surface area contributed by atoms with Crippen molar-refractivity contribution in [1.82, 2.24) is 0 Å². The van der Waals surface area contributed by atoms with Crippen LogP contribution in [0.25, 0.3) is 0 Å². The van der Waals surface area contributed by atoms with Crippen molar-refractivity contribution < 1.29 is 4.92 Å². The van der Waals surface area contributed by atoms with Crippen molar-refractivity contribution in [3.63, 3.8) is 0 Å². The van der Waals surface area contributed by atoms with E-state index in [1.165, 1.54) is 6.07 Å². The van der Waals surface area contributed by atoms with Gasteiger partial charge in [-0.1, -0.05) is 11.6 Å². The van der Waals surface area contributed by atoms with Gasteiger partial charge in [0, 0.05) is 26.2 Å². The number of benzene rings is 1. The Morgan fingerprint density at radius 2 is 2.22 bits per heavy atom. The summed E-state index contributed by atoms with van der Waals surface area (Å²) < 4.78 is 0. The summed E-state index contributed by atoms with van der Waals surface area (Å²) in [5, 5.41) is 11.6. The molecule has 0 unspecified atom stereocenters. The molecule has 3 rings (SSSR count). The van der Waals surface area contributed by atoms with E-state index < -0.39 is 0 Å². The van der Waals surface area contributed by atoms with Crippen molar-refractivity contribution in [2.24, 2.45) is 4.99 Å². The first kappa shape index (κ1) is 11.3. The van der Waals surface area contributed by atoms with E-state index in [1.54, 1.807) is 6.07 Å². The summed E-state index contributed by atoms with van der Waals surface area (Å²) in [6.45, 7) is 1.48.